The molecule has 338 valence electrons. The van der Waals surface area contributed by atoms with Crippen molar-refractivity contribution in [3.63, 3.8) is 0 Å². The van der Waals surface area contributed by atoms with Crippen LogP contribution in [0, 0.1) is 0 Å². The fourth-order valence-corrected chi connectivity index (χ4v) is 6.98. The molecule has 0 bridgehead atoms. The van der Waals surface area contributed by atoms with E-state index in [1.807, 2.05) is 21.1 Å². The predicted octanol–water partition coefficient (Wildman–Crippen LogP) is 13.5. The maximum Gasteiger partial charge on any atom is 0.472 e. The first-order chi connectivity index (χ1) is 28.0. The number of carbonyl (C=O) groups excluding carboxylic acids is 2. The quantitative estimate of drug-likeness (QED) is 0.0213. The van der Waals surface area contributed by atoms with Crippen LogP contribution in [0.25, 0.3) is 0 Å². The molecule has 2 atom stereocenters. The molecular formula is C48H89NO8P+. The second-order valence-corrected chi connectivity index (χ2v) is 18.2. The maximum absolute atomic E-state index is 12.7. The van der Waals surface area contributed by atoms with Gasteiger partial charge in [-0.1, -0.05) is 178 Å². The van der Waals surface area contributed by atoms with Crippen LogP contribution >= 0.6 is 7.82 Å². The Bertz CT molecular complexity index is 1130. The van der Waals surface area contributed by atoms with Gasteiger partial charge in [-0.3, -0.25) is 18.6 Å². The zero-order chi connectivity index (χ0) is 42.8. The number of unbranched alkanes of at least 4 members (excludes halogenated alkanes) is 20. The average Bonchev–Trinajstić information content (AvgIpc) is 3.17. The van der Waals surface area contributed by atoms with Crippen LogP contribution < -0.4 is 0 Å². The SMILES string of the molecule is CC/C=C\C/C=C\C/C=C\C/C=C\CCCCCCCCCCC(=O)OC(COC(=O)CCCCCCCCCCCCCCC)COP(=O)(O)OCC[N+](C)(C)C. The van der Waals surface area contributed by atoms with Gasteiger partial charge < -0.3 is 18.9 Å². The first-order valence-electron chi connectivity index (χ1n) is 23.4. The number of phosphoric acid groups is 1. The number of quaternary nitrogens is 1. The van der Waals surface area contributed by atoms with E-state index in [-0.39, 0.29) is 32.0 Å². The van der Waals surface area contributed by atoms with E-state index in [1.165, 1.54) is 89.9 Å². The van der Waals surface area contributed by atoms with Crippen molar-refractivity contribution in [2.24, 2.45) is 0 Å². The number of esters is 2. The third kappa shape index (κ3) is 43.5. The Hall–Kier alpha value is -2.03. The molecule has 1 N–H and O–H groups in total. The van der Waals surface area contributed by atoms with Crippen LogP contribution in [0.15, 0.2) is 48.6 Å². The molecular weight excluding hydrogens is 750 g/mol. The maximum atomic E-state index is 12.7. The van der Waals surface area contributed by atoms with Gasteiger partial charge in [0.25, 0.3) is 0 Å². The Labute approximate surface area is 356 Å². The van der Waals surface area contributed by atoms with Gasteiger partial charge in [0.1, 0.15) is 19.8 Å². The molecule has 0 radical (unpaired) electrons. The molecule has 0 saturated heterocycles. The number of phosphoric ester groups is 1. The lowest BCUT2D eigenvalue weighted by Gasteiger charge is -2.24. The molecule has 58 heavy (non-hydrogen) atoms. The van der Waals surface area contributed by atoms with E-state index in [0.29, 0.717) is 17.4 Å². The topological polar surface area (TPSA) is 108 Å². The van der Waals surface area contributed by atoms with E-state index in [2.05, 4.69) is 62.5 Å². The summed E-state index contributed by atoms with van der Waals surface area (Å²) < 4.78 is 34.4. The van der Waals surface area contributed by atoms with Crippen LogP contribution in [-0.2, 0) is 32.7 Å². The van der Waals surface area contributed by atoms with Crippen LogP contribution in [-0.4, -0.2) is 74.9 Å². The highest BCUT2D eigenvalue weighted by Gasteiger charge is 2.27. The van der Waals surface area contributed by atoms with Crippen molar-refractivity contribution < 1.29 is 42.1 Å². The average molecular weight is 839 g/mol. The molecule has 0 spiro atoms. The van der Waals surface area contributed by atoms with E-state index < -0.39 is 26.5 Å². The summed E-state index contributed by atoms with van der Waals surface area (Å²) in [6, 6.07) is 0. The van der Waals surface area contributed by atoms with E-state index >= 15 is 0 Å². The molecule has 0 heterocycles. The van der Waals surface area contributed by atoms with Gasteiger partial charge in [-0.05, 0) is 51.4 Å². The number of likely N-dealkylation sites (N-methyl/N-ethyl adjacent to an activating group) is 1. The van der Waals surface area contributed by atoms with Crippen LogP contribution in [0.1, 0.15) is 194 Å². The standard InChI is InChI=1S/C48H88NO8P/c1-6-8-10-12-14-16-18-20-21-22-23-24-25-26-27-29-31-33-35-37-39-41-48(51)57-46(45-56-58(52,53)55-43-42-49(3,4)5)44-54-47(50)40-38-36-34-32-30-28-19-17-15-13-11-9-7-2/h8,10,14,16,20-21,23-24,46H,6-7,9,11-13,15,17-19,22,25-45H2,1-5H3/p+1/b10-8-,16-14-,21-20-,24-23-. The summed E-state index contributed by atoms with van der Waals surface area (Å²) in [7, 11) is 1.47. The van der Waals surface area contributed by atoms with Crippen molar-refractivity contribution in [1.82, 2.24) is 0 Å². The number of rotatable bonds is 42. The summed E-state index contributed by atoms with van der Waals surface area (Å²) in [4.78, 5) is 35.4. The molecule has 0 fully saturated rings. The largest absolute Gasteiger partial charge is 0.472 e. The molecule has 0 aromatic carbocycles. The van der Waals surface area contributed by atoms with Crippen LogP contribution in [0.4, 0.5) is 0 Å². The lowest BCUT2D eigenvalue weighted by Crippen LogP contribution is -2.37. The highest BCUT2D eigenvalue weighted by Crippen LogP contribution is 2.43. The van der Waals surface area contributed by atoms with E-state index in [0.717, 1.165) is 70.6 Å². The van der Waals surface area contributed by atoms with E-state index in [4.69, 9.17) is 18.5 Å². The van der Waals surface area contributed by atoms with Crippen molar-refractivity contribution in [2.75, 3.05) is 47.5 Å². The summed E-state index contributed by atoms with van der Waals surface area (Å²) in [5.41, 5.74) is 0. The molecule has 0 aromatic rings. The number of carbonyl (C=O) groups is 2. The second kappa shape index (κ2) is 40.4. The van der Waals surface area contributed by atoms with Crippen LogP contribution in [0.2, 0.25) is 0 Å². The van der Waals surface area contributed by atoms with Crippen molar-refractivity contribution in [3.8, 4) is 0 Å². The molecule has 0 amide bonds. The van der Waals surface area contributed by atoms with Crippen LogP contribution in [0.5, 0.6) is 0 Å². The van der Waals surface area contributed by atoms with Gasteiger partial charge in [0, 0.05) is 12.8 Å². The third-order valence-corrected chi connectivity index (χ3v) is 10.9. The summed E-state index contributed by atoms with van der Waals surface area (Å²) in [5.74, 6) is -0.805. The molecule has 0 saturated carbocycles. The molecule has 0 aromatic heterocycles. The Morgan fingerprint density at radius 3 is 1.47 bits per heavy atom. The Morgan fingerprint density at radius 2 is 0.983 bits per heavy atom. The first kappa shape index (κ1) is 56.0. The van der Waals surface area contributed by atoms with Crippen molar-refractivity contribution in [2.45, 2.75) is 200 Å². The lowest BCUT2D eigenvalue weighted by molar-refractivity contribution is -0.870. The highest BCUT2D eigenvalue weighted by molar-refractivity contribution is 7.47. The summed E-state index contributed by atoms with van der Waals surface area (Å²) in [6.45, 7) is 4.31. The monoisotopic (exact) mass is 839 g/mol. The van der Waals surface area contributed by atoms with Crippen molar-refractivity contribution in [3.05, 3.63) is 48.6 Å². The fourth-order valence-electron chi connectivity index (χ4n) is 6.24. The van der Waals surface area contributed by atoms with Gasteiger partial charge in [-0.25, -0.2) is 4.57 Å². The molecule has 9 nitrogen and oxygen atoms in total. The predicted molar refractivity (Wildman–Crippen MR) is 243 cm³/mol. The first-order valence-corrected chi connectivity index (χ1v) is 24.9. The normalized spacial score (nSPS) is 14.0. The van der Waals surface area contributed by atoms with Gasteiger partial charge in [-0.2, -0.15) is 0 Å². The molecule has 2 unspecified atom stereocenters. The number of hydrogen-bond donors (Lipinski definition) is 1. The minimum atomic E-state index is -4.38. The second-order valence-electron chi connectivity index (χ2n) is 16.8. The zero-order valence-electron chi connectivity index (χ0n) is 38.0. The highest BCUT2D eigenvalue weighted by atomic mass is 31.2. The lowest BCUT2D eigenvalue weighted by atomic mass is 10.0. The number of allylic oxidation sites excluding steroid dienone is 8. The fraction of sp³-hybridized carbons (Fsp3) is 0.792. The van der Waals surface area contributed by atoms with Crippen LogP contribution in [0.3, 0.4) is 0 Å². The van der Waals surface area contributed by atoms with Gasteiger partial charge >= 0.3 is 19.8 Å². The van der Waals surface area contributed by atoms with Gasteiger partial charge in [0.05, 0.1) is 27.7 Å². The molecule has 0 aliphatic heterocycles. The molecule has 0 rings (SSSR count). The Balaban J connectivity index is 4.31. The number of nitrogens with zero attached hydrogens (tertiary/aromatic N) is 1. The summed E-state index contributed by atoms with van der Waals surface area (Å²) in [6.07, 6.45) is 47.2. The van der Waals surface area contributed by atoms with Crippen molar-refractivity contribution in [1.29, 1.82) is 0 Å². The van der Waals surface area contributed by atoms with Crippen molar-refractivity contribution >= 4 is 19.8 Å². The van der Waals surface area contributed by atoms with Gasteiger partial charge in [-0.15, -0.1) is 0 Å². The molecule has 0 aliphatic rings. The van der Waals surface area contributed by atoms with E-state index in [1.54, 1.807) is 0 Å². The summed E-state index contributed by atoms with van der Waals surface area (Å²) in [5, 5.41) is 0. The van der Waals surface area contributed by atoms with Gasteiger partial charge in [0.15, 0.2) is 6.10 Å². The smallest absolute Gasteiger partial charge is 0.462 e. The number of ether oxygens (including phenoxy) is 2. The third-order valence-electron chi connectivity index (χ3n) is 9.87. The minimum Gasteiger partial charge on any atom is -0.462 e. The Morgan fingerprint density at radius 1 is 0.552 bits per heavy atom. The molecule has 10 heteroatoms. The molecule has 0 aliphatic carbocycles. The van der Waals surface area contributed by atoms with E-state index in [9.17, 15) is 19.0 Å². The zero-order valence-corrected chi connectivity index (χ0v) is 38.9. The number of hydrogen-bond acceptors (Lipinski definition) is 7. The Kier molecular flexibility index (Phi) is 39.0. The summed E-state index contributed by atoms with van der Waals surface area (Å²) >= 11 is 0. The van der Waals surface area contributed by atoms with Gasteiger partial charge in [0.2, 0.25) is 0 Å². The minimum absolute atomic E-state index is 0.0296.